The monoisotopic (exact) mass is 511 g/mol. The Labute approximate surface area is 222 Å². The number of nitrogens with zero attached hydrogens (tertiary/aromatic N) is 4. The molecule has 1 aliphatic rings. The first kappa shape index (κ1) is 25.3. The second kappa shape index (κ2) is 10.5. The molecular formula is C29H33N7O2. The molecule has 3 amide bonds. The normalized spacial score (nSPS) is 13.0. The van der Waals surface area contributed by atoms with Crippen molar-refractivity contribution in [1.82, 2.24) is 24.8 Å². The molecule has 0 aliphatic heterocycles. The van der Waals surface area contributed by atoms with E-state index in [-0.39, 0.29) is 11.9 Å². The maximum Gasteiger partial charge on any atom is 0.321 e. The molecule has 0 bridgehead atoms. The van der Waals surface area contributed by atoms with E-state index in [1.165, 1.54) is 4.90 Å². The van der Waals surface area contributed by atoms with Crippen LogP contribution in [0.4, 0.5) is 16.2 Å². The van der Waals surface area contributed by atoms with E-state index in [4.69, 9.17) is 5.10 Å². The zero-order valence-corrected chi connectivity index (χ0v) is 22.2. The molecule has 0 saturated heterocycles. The van der Waals surface area contributed by atoms with Gasteiger partial charge in [-0.2, -0.15) is 5.10 Å². The molecule has 9 heteroatoms. The molecule has 38 heavy (non-hydrogen) atoms. The second-order valence-electron chi connectivity index (χ2n) is 10.3. The van der Waals surface area contributed by atoms with Crippen molar-refractivity contribution in [2.75, 3.05) is 31.3 Å². The summed E-state index contributed by atoms with van der Waals surface area (Å²) < 4.78 is 1.85. The average Bonchev–Trinajstić information content (AvgIpc) is 3.62. The van der Waals surface area contributed by atoms with E-state index >= 15 is 0 Å². The third-order valence-corrected chi connectivity index (χ3v) is 6.36. The highest BCUT2D eigenvalue weighted by atomic mass is 16.2. The van der Waals surface area contributed by atoms with Crippen LogP contribution in [0.15, 0.2) is 60.8 Å². The number of hydrogen-bond donors (Lipinski definition) is 3. The Kier molecular flexibility index (Phi) is 7.00. The van der Waals surface area contributed by atoms with Crippen molar-refractivity contribution in [3.05, 3.63) is 66.4 Å². The van der Waals surface area contributed by atoms with Crippen molar-refractivity contribution in [3.8, 4) is 22.5 Å². The van der Waals surface area contributed by atoms with Crippen molar-refractivity contribution < 1.29 is 9.59 Å². The van der Waals surface area contributed by atoms with Gasteiger partial charge in [-0.3, -0.25) is 4.79 Å². The van der Waals surface area contributed by atoms with Crippen molar-refractivity contribution in [2.45, 2.75) is 32.7 Å². The third-order valence-electron chi connectivity index (χ3n) is 6.36. The number of carbonyl (C=O) groups is 2. The van der Waals surface area contributed by atoms with Crippen LogP contribution in [-0.2, 0) is 0 Å². The number of fused-ring (bicyclic) bond motifs is 1. The van der Waals surface area contributed by atoms with Gasteiger partial charge in [0.1, 0.15) is 0 Å². The molecule has 4 aromatic rings. The van der Waals surface area contributed by atoms with Crippen molar-refractivity contribution in [3.63, 3.8) is 0 Å². The largest absolute Gasteiger partial charge is 0.382 e. The molecular weight excluding hydrogens is 478 g/mol. The number of amides is 3. The lowest BCUT2D eigenvalue weighted by Crippen LogP contribution is -2.27. The maximum absolute atomic E-state index is 12.4. The first-order valence-electron chi connectivity index (χ1n) is 12.9. The summed E-state index contributed by atoms with van der Waals surface area (Å²) in [6.07, 6.45) is 3.92. The Morgan fingerprint density at radius 2 is 1.71 bits per heavy atom. The number of aromatic nitrogens is 3. The number of carbonyl (C=O) groups excluding carboxylic acids is 2. The van der Waals surface area contributed by atoms with E-state index in [1.54, 1.807) is 14.1 Å². The summed E-state index contributed by atoms with van der Waals surface area (Å²) in [6, 6.07) is 17.3. The lowest BCUT2D eigenvalue weighted by molar-refractivity contribution is 0.0951. The highest BCUT2D eigenvalue weighted by Crippen LogP contribution is 2.29. The summed E-state index contributed by atoms with van der Waals surface area (Å²) in [6.45, 7) is 5.11. The summed E-state index contributed by atoms with van der Waals surface area (Å²) >= 11 is 0. The molecule has 1 aliphatic carbocycles. The predicted molar refractivity (Wildman–Crippen MR) is 150 cm³/mol. The topological polar surface area (TPSA) is 104 Å². The lowest BCUT2D eigenvalue weighted by atomic mass is 10.1. The minimum atomic E-state index is -0.184. The standard InChI is InChI=1S/C29H33N7O2/c1-18(2)16-30-25-15-24(19-9-11-23(12-10-19)33-29(38)35(3)4)34-36-26(17-31-27(25)36)20-5-7-21(8-6-20)28(37)32-22-13-14-22/h5-12,15,17-18,22,30H,13-14,16H2,1-4H3,(H,32,37)(H,33,38). The van der Waals surface area contributed by atoms with E-state index in [2.05, 4.69) is 34.8 Å². The minimum Gasteiger partial charge on any atom is -0.382 e. The van der Waals surface area contributed by atoms with Gasteiger partial charge in [0, 0.05) is 49.1 Å². The van der Waals surface area contributed by atoms with Crippen LogP contribution in [0.5, 0.6) is 0 Å². The molecule has 3 N–H and O–H groups in total. The first-order valence-corrected chi connectivity index (χ1v) is 12.9. The molecule has 2 heterocycles. The second-order valence-corrected chi connectivity index (χ2v) is 10.3. The van der Waals surface area contributed by atoms with Crippen LogP contribution in [0.3, 0.4) is 0 Å². The first-order chi connectivity index (χ1) is 18.3. The fraction of sp³-hybridized carbons (Fsp3) is 0.310. The quantitative estimate of drug-likeness (QED) is 0.305. The van der Waals surface area contributed by atoms with Crippen LogP contribution in [0.1, 0.15) is 37.0 Å². The molecule has 196 valence electrons. The van der Waals surface area contributed by atoms with Gasteiger partial charge in [0.2, 0.25) is 0 Å². The average molecular weight is 512 g/mol. The van der Waals surface area contributed by atoms with Gasteiger partial charge in [0.15, 0.2) is 5.65 Å². The molecule has 0 unspecified atom stereocenters. The molecule has 2 aromatic carbocycles. The van der Waals surface area contributed by atoms with E-state index in [9.17, 15) is 9.59 Å². The number of imidazole rings is 1. The molecule has 5 rings (SSSR count). The Morgan fingerprint density at radius 1 is 1.03 bits per heavy atom. The molecule has 2 aromatic heterocycles. The van der Waals surface area contributed by atoms with Gasteiger partial charge >= 0.3 is 6.03 Å². The Bertz CT molecular complexity index is 1450. The number of nitrogens with one attached hydrogen (secondary N) is 3. The maximum atomic E-state index is 12.4. The highest BCUT2D eigenvalue weighted by molar-refractivity contribution is 5.95. The van der Waals surface area contributed by atoms with Gasteiger partial charge in [0.25, 0.3) is 5.91 Å². The summed E-state index contributed by atoms with van der Waals surface area (Å²) in [7, 11) is 3.40. The van der Waals surface area contributed by atoms with E-state index in [1.807, 2.05) is 65.3 Å². The zero-order chi connectivity index (χ0) is 26.8. The van der Waals surface area contributed by atoms with Crippen LogP contribution >= 0.6 is 0 Å². The lowest BCUT2D eigenvalue weighted by Gasteiger charge is -2.14. The van der Waals surface area contributed by atoms with Crippen LogP contribution < -0.4 is 16.0 Å². The van der Waals surface area contributed by atoms with Crippen molar-refractivity contribution in [1.29, 1.82) is 0 Å². The zero-order valence-electron chi connectivity index (χ0n) is 22.2. The number of urea groups is 1. The molecule has 0 radical (unpaired) electrons. The smallest absolute Gasteiger partial charge is 0.321 e. The Balaban J connectivity index is 1.49. The third kappa shape index (κ3) is 5.61. The Morgan fingerprint density at radius 3 is 2.34 bits per heavy atom. The van der Waals surface area contributed by atoms with Gasteiger partial charge in [-0.15, -0.1) is 0 Å². The fourth-order valence-electron chi connectivity index (χ4n) is 4.00. The van der Waals surface area contributed by atoms with Crippen LogP contribution in [0.2, 0.25) is 0 Å². The van der Waals surface area contributed by atoms with Crippen molar-refractivity contribution in [2.24, 2.45) is 5.92 Å². The van der Waals surface area contributed by atoms with Gasteiger partial charge in [-0.1, -0.05) is 38.1 Å². The minimum absolute atomic E-state index is 0.0389. The highest BCUT2D eigenvalue weighted by Gasteiger charge is 2.24. The van der Waals surface area contributed by atoms with Crippen LogP contribution in [0.25, 0.3) is 28.2 Å². The number of benzene rings is 2. The van der Waals surface area contributed by atoms with E-state index in [0.717, 1.165) is 53.2 Å². The fourth-order valence-corrected chi connectivity index (χ4v) is 4.00. The molecule has 0 atom stereocenters. The van der Waals surface area contributed by atoms with E-state index < -0.39 is 0 Å². The molecule has 1 fully saturated rings. The molecule has 1 saturated carbocycles. The number of rotatable bonds is 8. The number of hydrogen-bond acceptors (Lipinski definition) is 5. The SMILES string of the molecule is CC(C)CNc1cc(-c2ccc(NC(=O)N(C)C)cc2)nn2c(-c3ccc(C(=O)NC4CC4)cc3)cnc12. The molecule has 0 spiro atoms. The van der Waals surface area contributed by atoms with Gasteiger partial charge in [-0.25, -0.2) is 14.3 Å². The van der Waals surface area contributed by atoms with Crippen molar-refractivity contribution >= 4 is 29.0 Å². The van der Waals surface area contributed by atoms with E-state index in [0.29, 0.717) is 23.2 Å². The molecule has 9 nitrogen and oxygen atoms in total. The van der Waals surface area contributed by atoms with Gasteiger partial charge in [-0.05, 0) is 49.1 Å². The number of anilines is 2. The van der Waals surface area contributed by atoms with Crippen LogP contribution in [-0.4, -0.2) is 58.1 Å². The summed E-state index contributed by atoms with van der Waals surface area (Å²) in [5, 5.41) is 14.3. The van der Waals surface area contributed by atoms with Crippen LogP contribution in [0, 0.1) is 5.92 Å². The van der Waals surface area contributed by atoms with Gasteiger partial charge < -0.3 is 20.9 Å². The summed E-state index contributed by atoms with van der Waals surface area (Å²) in [5.41, 5.74) is 6.41. The van der Waals surface area contributed by atoms with Gasteiger partial charge in [0.05, 0.1) is 23.3 Å². The summed E-state index contributed by atoms with van der Waals surface area (Å²) in [5.74, 6) is 0.415. The Hall–Kier alpha value is -4.40. The summed E-state index contributed by atoms with van der Waals surface area (Å²) in [4.78, 5) is 30.6. The predicted octanol–water partition coefficient (Wildman–Crippen LogP) is 5.12.